The minimum atomic E-state index is -0.551. The van der Waals surface area contributed by atoms with Crippen LogP contribution >= 0.6 is 0 Å². The summed E-state index contributed by atoms with van der Waals surface area (Å²) < 4.78 is 5.12. The Bertz CT molecular complexity index is 866. The highest BCUT2D eigenvalue weighted by molar-refractivity contribution is 5.97. The van der Waals surface area contributed by atoms with Crippen LogP contribution in [0, 0.1) is 10.1 Å². The molecular formula is C19H21N3O5. The second-order valence-corrected chi connectivity index (χ2v) is 5.81. The maximum absolute atomic E-state index is 12.4. The highest BCUT2D eigenvalue weighted by Crippen LogP contribution is 2.29. The first-order chi connectivity index (χ1) is 12.8. The lowest BCUT2D eigenvalue weighted by atomic mass is 10.1. The fourth-order valence-electron chi connectivity index (χ4n) is 2.60. The first-order valence-electron chi connectivity index (χ1n) is 8.34. The molecule has 8 nitrogen and oxygen atoms in total. The summed E-state index contributed by atoms with van der Waals surface area (Å²) in [5, 5.41) is 14.2. The summed E-state index contributed by atoms with van der Waals surface area (Å²) in [6, 6.07) is 11.2. The van der Waals surface area contributed by atoms with E-state index < -0.39 is 4.92 Å². The van der Waals surface area contributed by atoms with Crippen molar-refractivity contribution in [2.24, 2.45) is 0 Å². The molecule has 1 amide bonds. The van der Waals surface area contributed by atoms with E-state index >= 15 is 0 Å². The van der Waals surface area contributed by atoms with E-state index in [2.05, 4.69) is 5.32 Å². The van der Waals surface area contributed by atoms with Crippen LogP contribution in [0.5, 0.6) is 5.75 Å². The lowest BCUT2D eigenvalue weighted by molar-refractivity contribution is -0.384. The van der Waals surface area contributed by atoms with Gasteiger partial charge in [0.2, 0.25) is 5.91 Å². The number of carbonyl (C=O) groups excluding carboxylic acids is 2. The van der Waals surface area contributed by atoms with Gasteiger partial charge in [0.05, 0.1) is 18.6 Å². The van der Waals surface area contributed by atoms with E-state index in [4.69, 9.17) is 4.74 Å². The summed E-state index contributed by atoms with van der Waals surface area (Å²) in [4.78, 5) is 36.3. The summed E-state index contributed by atoms with van der Waals surface area (Å²) in [7, 11) is 1.53. The molecule has 2 aromatic rings. The number of amides is 1. The fourth-order valence-corrected chi connectivity index (χ4v) is 2.60. The van der Waals surface area contributed by atoms with Crippen LogP contribution in [0.15, 0.2) is 42.5 Å². The molecule has 0 aliphatic carbocycles. The third-order valence-electron chi connectivity index (χ3n) is 3.99. The van der Waals surface area contributed by atoms with Crippen molar-refractivity contribution >= 4 is 28.8 Å². The summed E-state index contributed by atoms with van der Waals surface area (Å²) in [6.07, 6.45) is 0. The van der Waals surface area contributed by atoms with Crippen LogP contribution in [-0.2, 0) is 4.79 Å². The van der Waals surface area contributed by atoms with Crippen LogP contribution in [0.25, 0.3) is 0 Å². The van der Waals surface area contributed by atoms with Crippen LogP contribution in [0.3, 0.4) is 0 Å². The predicted molar refractivity (Wildman–Crippen MR) is 103 cm³/mol. The number of nitro groups is 1. The Morgan fingerprint density at radius 3 is 2.56 bits per heavy atom. The second-order valence-electron chi connectivity index (χ2n) is 5.81. The number of methoxy groups -OCH3 is 1. The van der Waals surface area contributed by atoms with Gasteiger partial charge < -0.3 is 15.0 Å². The molecule has 2 aromatic carbocycles. The van der Waals surface area contributed by atoms with Gasteiger partial charge in [-0.05, 0) is 38.1 Å². The van der Waals surface area contributed by atoms with Gasteiger partial charge in [0, 0.05) is 29.9 Å². The highest BCUT2D eigenvalue weighted by atomic mass is 16.6. The lowest BCUT2D eigenvalue weighted by Gasteiger charge is -2.22. The van der Waals surface area contributed by atoms with E-state index in [0.717, 1.165) is 0 Å². The zero-order chi connectivity index (χ0) is 20.0. The highest BCUT2D eigenvalue weighted by Gasteiger charge is 2.22. The van der Waals surface area contributed by atoms with Gasteiger partial charge in [0.25, 0.3) is 5.69 Å². The molecule has 1 N–H and O–H groups in total. The molecule has 0 heterocycles. The molecule has 0 bridgehead atoms. The molecule has 0 spiro atoms. The number of nitrogens with one attached hydrogen (secondary N) is 1. The molecule has 0 saturated heterocycles. The average molecular weight is 371 g/mol. The van der Waals surface area contributed by atoms with Gasteiger partial charge in [-0.2, -0.15) is 0 Å². The molecular weight excluding hydrogens is 350 g/mol. The average Bonchev–Trinajstić information content (AvgIpc) is 2.65. The Hall–Kier alpha value is -3.42. The van der Waals surface area contributed by atoms with E-state index in [1.165, 1.54) is 32.2 Å². The molecule has 0 aliphatic heterocycles. The van der Waals surface area contributed by atoms with Gasteiger partial charge in [-0.15, -0.1) is 0 Å². The Morgan fingerprint density at radius 1 is 1.22 bits per heavy atom. The van der Waals surface area contributed by atoms with E-state index in [9.17, 15) is 19.7 Å². The number of Topliss-reactive ketones (excluding diaryl/α,β-unsaturated/α-hetero) is 1. The molecule has 0 aromatic heterocycles. The number of ketones is 1. The monoisotopic (exact) mass is 371 g/mol. The van der Waals surface area contributed by atoms with Gasteiger partial charge >= 0.3 is 0 Å². The Labute approximate surface area is 156 Å². The molecule has 0 atom stereocenters. The van der Waals surface area contributed by atoms with Crippen molar-refractivity contribution in [2.75, 3.05) is 30.4 Å². The topological polar surface area (TPSA) is 102 Å². The lowest BCUT2D eigenvalue weighted by Crippen LogP contribution is -2.33. The molecule has 142 valence electrons. The zero-order valence-corrected chi connectivity index (χ0v) is 15.4. The summed E-state index contributed by atoms with van der Waals surface area (Å²) in [6.45, 7) is 3.44. The summed E-state index contributed by atoms with van der Waals surface area (Å²) in [5.74, 6) is 0.0223. The van der Waals surface area contributed by atoms with Crippen molar-refractivity contribution in [3.05, 3.63) is 58.1 Å². The van der Waals surface area contributed by atoms with E-state index in [1.807, 2.05) is 0 Å². The number of anilines is 2. The van der Waals surface area contributed by atoms with E-state index in [-0.39, 0.29) is 35.2 Å². The molecule has 8 heteroatoms. The molecule has 0 radical (unpaired) electrons. The van der Waals surface area contributed by atoms with Crippen molar-refractivity contribution in [1.82, 2.24) is 0 Å². The minimum Gasteiger partial charge on any atom is -0.497 e. The van der Waals surface area contributed by atoms with Crippen molar-refractivity contribution in [3.63, 3.8) is 0 Å². The normalized spacial score (nSPS) is 10.2. The third kappa shape index (κ3) is 5.04. The minimum absolute atomic E-state index is 0.0754. The van der Waals surface area contributed by atoms with Crippen LogP contribution in [0.4, 0.5) is 17.1 Å². The molecule has 27 heavy (non-hydrogen) atoms. The number of hydrogen-bond acceptors (Lipinski definition) is 6. The van der Waals surface area contributed by atoms with Gasteiger partial charge in [0.15, 0.2) is 5.78 Å². The molecule has 0 aliphatic rings. The van der Waals surface area contributed by atoms with Crippen LogP contribution in [0.1, 0.15) is 24.2 Å². The largest absolute Gasteiger partial charge is 0.497 e. The fraction of sp³-hybridized carbons (Fsp3) is 0.263. The van der Waals surface area contributed by atoms with Gasteiger partial charge in [0.1, 0.15) is 11.4 Å². The number of nitrogens with zero attached hydrogens (tertiary/aromatic N) is 2. The van der Waals surface area contributed by atoms with Crippen molar-refractivity contribution in [3.8, 4) is 5.75 Å². The number of likely N-dealkylation sites (N-methyl/N-ethyl adjacent to an activating group) is 1. The number of carbonyl (C=O) groups is 2. The first-order valence-corrected chi connectivity index (χ1v) is 8.34. The van der Waals surface area contributed by atoms with Crippen molar-refractivity contribution in [1.29, 1.82) is 0 Å². The number of nitro benzene ring substituents is 1. The number of ether oxygens (including phenoxy) is 1. The quantitative estimate of drug-likeness (QED) is 0.434. The van der Waals surface area contributed by atoms with Crippen LogP contribution in [-0.4, -0.2) is 36.8 Å². The molecule has 2 rings (SSSR count). The first kappa shape index (κ1) is 19.9. The smallest absolute Gasteiger partial charge is 0.293 e. The number of rotatable bonds is 8. The predicted octanol–water partition coefficient (Wildman–Crippen LogP) is 3.27. The Morgan fingerprint density at radius 2 is 1.96 bits per heavy atom. The molecule has 0 saturated carbocycles. The Kier molecular flexibility index (Phi) is 6.48. The Balaban J connectivity index is 2.22. The molecule has 0 fully saturated rings. The number of hydrogen-bond donors (Lipinski definition) is 1. The number of benzene rings is 2. The summed E-state index contributed by atoms with van der Waals surface area (Å²) in [5.41, 5.74) is 0.895. The van der Waals surface area contributed by atoms with Gasteiger partial charge in [-0.1, -0.05) is 6.07 Å². The maximum atomic E-state index is 12.4. The molecule has 0 unspecified atom stereocenters. The third-order valence-corrected chi connectivity index (χ3v) is 3.99. The van der Waals surface area contributed by atoms with Crippen molar-refractivity contribution in [2.45, 2.75) is 13.8 Å². The van der Waals surface area contributed by atoms with Crippen LogP contribution in [0.2, 0.25) is 0 Å². The standard InChI is InChI=1S/C19H21N3O5/c1-4-21(12-19(24)20-15-6-5-7-16(11-15)27-3)17-9-8-14(13(2)23)10-18(17)22(25)26/h5-11H,4,12H2,1-3H3,(H,20,24). The zero-order valence-electron chi connectivity index (χ0n) is 15.4. The summed E-state index contributed by atoms with van der Waals surface area (Å²) >= 11 is 0. The van der Waals surface area contributed by atoms with Crippen molar-refractivity contribution < 1.29 is 19.2 Å². The van der Waals surface area contributed by atoms with E-state index in [0.29, 0.717) is 18.0 Å². The maximum Gasteiger partial charge on any atom is 0.293 e. The van der Waals surface area contributed by atoms with Crippen LogP contribution < -0.4 is 15.0 Å². The second kappa shape index (κ2) is 8.79. The van der Waals surface area contributed by atoms with Gasteiger partial charge in [-0.25, -0.2) is 0 Å². The van der Waals surface area contributed by atoms with E-state index in [1.54, 1.807) is 36.1 Å². The van der Waals surface area contributed by atoms with Gasteiger partial charge in [-0.3, -0.25) is 19.7 Å². The SMILES string of the molecule is CCN(CC(=O)Nc1cccc(OC)c1)c1ccc(C(C)=O)cc1[N+](=O)[O-].